The summed E-state index contributed by atoms with van der Waals surface area (Å²) in [7, 11) is 4.21. The summed E-state index contributed by atoms with van der Waals surface area (Å²) in [5.74, 6) is 3.18. The van der Waals surface area contributed by atoms with Crippen molar-refractivity contribution in [2.45, 2.75) is 144 Å². The number of fused-ring (bicyclic) bond motifs is 9. The summed E-state index contributed by atoms with van der Waals surface area (Å²) in [5.41, 5.74) is 10.3. The Balaban J connectivity index is 0.829. The minimum absolute atomic E-state index is 0.00425. The first-order valence-electron chi connectivity index (χ1n) is 33.6. The number of hydrogen-bond acceptors (Lipinski definition) is 12. The number of phenolic OH excluding ortho intramolecular Hbond substituents is 5. The standard InChI is InChI=1S/C76H86N6O6S2/c1-2-54-31-48(39-79-54)50-38-77-37-49-32-58(46-8-4-3-5-9-46)62-36-73(35-61(49)81-62)34-60(47-18-13-44(14-19-47)15-24-57-55(23-16-45-17-25-63(83)66(86)30-45)56-11-6-12-64(84)68(56)70(88)69(57)87)82-72-59(73)33-52-20-21-53(42-90-89-41-50)75(52)29-28-74-27-7-10-51(74)22-26-65(85)71(74)76(72,75)67-40-78-43-80-67/h3-6,8-9,11-14,16-19,22-23,25-26,30-32,39-40,43,50-53,58-62,65,71-72,77,79,81-88H,2,7,10,15,20-21,24,27-29,33-38,41-42H2,1H3,(H,78,80). The van der Waals surface area contributed by atoms with Crippen LogP contribution in [0.5, 0.6) is 28.7 Å². The van der Waals surface area contributed by atoms with E-state index in [1.807, 2.05) is 18.5 Å². The summed E-state index contributed by atoms with van der Waals surface area (Å²) in [6.45, 7) is 3.98. The molecule has 16 unspecified atom stereocenters. The van der Waals surface area contributed by atoms with Crippen LogP contribution in [0.2, 0.25) is 0 Å². The molecule has 11 N–H and O–H groups in total. The molecule has 8 bridgehead atoms. The third-order valence-corrected chi connectivity index (χ3v) is 27.7. The molecule has 0 radical (unpaired) electrons. The van der Waals surface area contributed by atoms with Gasteiger partial charge in [-0.25, -0.2) is 4.98 Å². The fourth-order valence-corrected chi connectivity index (χ4v) is 24.3. The van der Waals surface area contributed by atoms with Crippen LogP contribution >= 0.6 is 21.6 Å². The lowest BCUT2D eigenvalue weighted by atomic mass is 9.30. The first-order valence-corrected chi connectivity index (χ1v) is 36.1. The summed E-state index contributed by atoms with van der Waals surface area (Å²) >= 11 is 0. The molecule has 8 fully saturated rings. The summed E-state index contributed by atoms with van der Waals surface area (Å²) in [6, 6.07) is 33.2. The first kappa shape index (κ1) is 58.7. The second-order valence-electron chi connectivity index (χ2n) is 28.8. The maximum atomic E-state index is 13.5. The maximum Gasteiger partial charge on any atom is 0.169 e. The maximum absolute atomic E-state index is 13.5. The zero-order chi connectivity index (χ0) is 61.1. The van der Waals surface area contributed by atoms with E-state index in [-0.39, 0.29) is 86.4 Å². The number of piperidine rings is 2. The molecule has 7 heterocycles. The number of aromatic amines is 2. The number of aliphatic hydroxyl groups excluding tert-OH is 1. The van der Waals surface area contributed by atoms with Gasteiger partial charge in [0.1, 0.15) is 5.75 Å². The molecule has 468 valence electrons. The molecule has 5 aliphatic heterocycles. The van der Waals surface area contributed by atoms with Crippen molar-refractivity contribution in [1.29, 1.82) is 0 Å². The second kappa shape index (κ2) is 23.0. The number of nitrogens with zero attached hydrogens (tertiary/aromatic N) is 1. The van der Waals surface area contributed by atoms with Crippen LogP contribution in [0, 0.1) is 45.8 Å². The minimum Gasteiger partial charge on any atom is -0.507 e. The van der Waals surface area contributed by atoms with Gasteiger partial charge >= 0.3 is 0 Å². The number of aryl methyl sites for hydroxylation is 2. The number of aliphatic hydroxyl groups is 1. The molecule has 90 heavy (non-hydrogen) atoms. The Morgan fingerprint density at radius 2 is 1.57 bits per heavy atom. The van der Waals surface area contributed by atoms with Crippen molar-refractivity contribution in [3.05, 3.63) is 190 Å². The largest absolute Gasteiger partial charge is 0.507 e. The Kier molecular flexibility index (Phi) is 15.0. The number of benzene rings is 5. The van der Waals surface area contributed by atoms with Crippen LogP contribution in [0.1, 0.15) is 146 Å². The second-order valence-corrected chi connectivity index (χ2v) is 31.3. The van der Waals surface area contributed by atoms with E-state index in [1.54, 1.807) is 18.2 Å². The lowest BCUT2D eigenvalue weighted by molar-refractivity contribution is -0.228. The highest BCUT2D eigenvalue weighted by atomic mass is 33.1. The molecule has 10 aliphatic rings. The number of allylic oxidation sites excluding steroid dienone is 1. The Labute approximate surface area is 536 Å². The van der Waals surface area contributed by atoms with Gasteiger partial charge < -0.3 is 56.6 Å². The Morgan fingerprint density at radius 3 is 2.39 bits per heavy atom. The number of H-pyrrole nitrogens is 2. The van der Waals surface area contributed by atoms with Gasteiger partial charge in [-0.3, -0.25) is 0 Å². The van der Waals surface area contributed by atoms with Gasteiger partial charge in [0.15, 0.2) is 23.0 Å². The lowest BCUT2D eigenvalue weighted by Gasteiger charge is -2.76. The van der Waals surface area contributed by atoms with Crippen LogP contribution in [-0.4, -0.2) is 94.4 Å². The molecule has 5 aliphatic carbocycles. The Morgan fingerprint density at radius 1 is 0.722 bits per heavy atom. The van der Waals surface area contributed by atoms with Gasteiger partial charge in [-0.1, -0.05) is 138 Å². The van der Waals surface area contributed by atoms with E-state index in [2.05, 4.69) is 140 Å². The van der Waals surface area contributed by atoms with Gasteiger partial charge in [-0.15, -0.1) is 0 Å². The molecule has 0 amide bonds. The number of imidazole rings is 1. The number of phenols is 5. The molecule has 3 spiro atoms. The van der Waals surface area contributed by atoms with Gasteiger partial charge in [0, 0.05) is 101 Å². The van der Waals surface area contributed by atoms with Crippen molar-refractivity contribution in [2.75, 3.05) is 24.6 Å². The average molecular weight is 1240 g/mol. The van der Waals surface area contributed by atoms with E-state index >= 15 is 0 Å². The van der Waals surface area contributed by atoms with E-state index in [0.717, 1.165) is 62.3 Å². The minimum atomic E-state index is -0.591. The van der Waals surface area contributed by atoms with E-state index in [4.69, 9.17) is 10.3 Å². The molecule has 17 rings (SSSR count). The third-order valence-electron chi connectivity index (χ3n) is 25.1. The Hall–Kier alpha value is -6.39. The molecule has 2 aromatic heterocycles. The van der Waals surface area contributed by atoms with E-state index in [1.165, 1.54) is 96.8 Å². The van der Waals surface area contributed by atoms with E-state index in [9.17, 15) is 30.6 Å². The normalized spacial score (nSPS) is 35.3. The highest BCUT2D eigenvalue weighted by molar-refractivity contribution is 8.76. The Bertz CT molecular complexity index is 3930. The van der Waals surface area contributed by atoms with Crippen LogP contribution in [-0.2, 0) is 24.7 Å². The SMILES string of the molecule is CCc1cc(C2CNCC3=CC(c4ccccc4)C4CC5(CC3N4)CC(c3ccc(CCc4c(O)c(O)c6c(O)cccc6c4C=Cc4ccc(O)c(O)c4)cc3)NC3C5CC4CCC(CSSC2)C42CCC45CCCC4C=CC(O)C5C32c2cnc[nH]2)c[nH]1. The zero-order valence-electron chi connectivity index (χ0n) is 51.5. The average Bonchev–Trinajstić information content (AvgIpc) is 1.13. The fraction of sp³-hybridized carbons (Fsp3) is 0.461. The van der Waals surface area contributed by atoms with Gasteiger partial charge in [0.25, 0.3) is 0 Å². The number of rotatable bonds is 10. The smallest absolute Gasteiger partial charge is 0.169 e. The third kappa shape index (κ3) is 9.24. The molecule has 12 nitrogen and oxygen atoms in total. The number of hydrogen-bond donors (Lipinski definition) is 11. The zero-order valence-corrected chi connectivity index (χ0v) is 53.1. The van der Waals surface area contributed by atoms with Gasteiger partial charge in [-0.2, -0.15) is 0 Å². The summed E-state index contributed by atoms with van der Waals surface area (Å²) < 4.78 is 0. The molecular weight excluding hydrogens is 1160 g/mol. The molecule has 4 saturated heterocycles. The summed E-state index contributed by atoms with van der Waals surface area (Å²) in [6.07, 6.45) is 31.5. The van der Waals surface area contributed by atoms with Crippen molar-refractivity contribution < 1.29 is 30.6 Å². The number of aromatic hydroxyl groups is 5. The lowest BCUT2D eigenvalue weighted by Crippen LogP contribution is -2.79. The highest BCUT2D eigenvalue weighted by Crippen LogP contribution is 2.80. The van der Waals surface area contributed by atoms with Gasteiger partial charge in [0.2, 0.25) is 0 Å². The van der Waals surface area contributed by atoms with Gasteiger partial charge in [0.05, 0.1) is 17.8 Å². The van der Waals surface area contributed by atoms with Crippen molar-refractivity contribution in [2.24, 2.45) is 45.8 Å². The van der Waals surface area contributed by atoms with Crippen molar-refractivity contribution >= 4 is 44.5 Å². The van der Waals surface area contributed by atoms with Crippen LogP contribution in [0.15, 0.2) is 140 Å². The molecule has 7 aromatic rings. The number of aromatic nitrogens is 3. The van der Waals surface area contributed by atoms with Crippen molar-refractivity contribution in [3.8, 4) is 28.7 Å². The topological polar surface area (TPSA) is 202 Å². The van der Waals surface area contributed by atoms with E-state index < -0.39 is 11.5 Å². The predicted octanol–water partition coefficient (Wildman–Crippen LogP) is 14.0. The van der Waals surface area contributed by atoms with Crippen molar-refractivity contribution in [3.63, 3.8) is 0 Å². The fourth-order valence-electron chi connectivity index (χ4n) is 21.5. The molecule has 4 saturated carbocycles. The predicted molar refractivity (Wildman–Crippen MR) is 361 cm³/mol. The van der Waals surface area contributed by atoms with Crippen LogP contribution in [0.4, 0.5) is 0 Å². The molecular formula is C76H86N6O6S2. The van der Waals surface area contributed by atoms with Crippen LogP contribution in [0.3, 0.4) is 0 Å². The monoisotopic (exact) mass is 1240 g/mol. The van der Waals surface area contributed by atoms with Crippen LogP contribution in [0.25, 0.3) is 22.9 Å². The quantitative estimate of drug-likeness (QED) is 0.0268. The van der Waals surface area contributed by atoms with Crippen molar-refractivity contribution in [1.82, 2.24) is 30.9 Å². The summed E-state index contributed by atoms with van der Waals surface area (Å²) in [5, 5.41) is 82.5. The molecule has 14 heteroatoms. The molecule has 5 aromatic carbocycles. The first-order chi connectivity index (χ1) is 43.9. The van der Waals surface area contributed by atoms with Gasteiger partial charge in [-0.05, 0) is 192 Å². The highest BCUT2D eigenvalue weighted by Gasteiger charge is 2.80. The van der Waals surface area contributed by atoms with E-state index in [0.29, 0.717) is 64.5 Å². The molecule has 16 atom stereocenters. The summed E-state index contributed by atoms with van der Waals surface area (Å²) in [4.78, 5) is 12.7. The number of nitrogens with one attached hydrogen (secondary N) is 5. The van der Waals surface area contributed by atoms with Crippen LogP contribution < -0.4 is 16.0 Å².